The number of nitrogens with one attached hydrogen (secondary N) is 1. The Bertz CT molecular complexity index is 1200. The van der Waals surface area contributed by atoms with Gasteiger partial charge in [-0.2, -0.15) is 14.8 Å². The molecule has 0 radical (unpaired) electrons. The van der Waals surface area contributed by atoms with Gasteiger partial charge in [-0.1, -0.05) is 48.5 Å². The van der Waals surface area contributed by atoms with Crippen LogP contribution in [0.2, 0.25) is 0 Å². The molecule has 10 nitrogen and oxygen atoms in total. The molecule has 2 bridgehead atoms. The molecule has 1 saturated heterocycles. The van der Waals surface area contributed by atoms with Crippen LogP contribution >= 0.6 is 0 Å². The molecule has 33 heavy (non-hydrogen) atoms. The molecular weight excluding hydrogens is 426 g/mol. The molecule has 0 saturated carbocycles. The number of benzene rings is 2. The summed E-state index contributed by atoms with van der Waals surface area (Å²) in [4.78, 5) is 45.7. The zero-order chi connectivity index (χ0) is 22.9. The Labute approximate surface area is 189 Å². The Morgan fingerprint density at radius 2 is 1.79 bits per heavy atom. The van der Waals surface area contributed by atoms with Crippen LogP contribution in [0.15, 0.2) is 66.9 Å². The minimum Gasteiger partial charge on any atom is -0.467 e. The smallest absolute Gasteiger partial charge is 0.346 e. The molecule has 1 fully saturated rings. The second-order valence-electron chi connectivity index (χ2n) is 7.67. The summed E-state index contributed by atoms with van der Waals surface area (Å²) in [6.07, 6.45) is 1.53. The van der Waals surface area contributed by atoms with Crippen LogP contribution in [-0.4, -0.2) is 51.4 Å². The lowest BCUT2D eigenvalue weighted by Gasteiger charge is -2.27. The predicted molar refractivity (Wildman–Crippen MR) is 116 cm³/mol. The van der Waals surface area contributed by atoms with Gasteiger partial charge in [0.15, 0.2) is 6.04 Å². The Kier molecular flexibility index (Phi) is 5.27. The highest BCUT2D eigenvalue weighted by atomic mass is 16.7. The summed E-state index contributed by atoms with van der Waals surface area (Å²) in [5, 5.41) is 8.36. The number of rotatable bonds is 5. The van der Waals surface area contributed by atoms with Gasteiger partial charge in [-0.05, 0) is 17.7 Å². The number of methoxy groups -OCH3 is 1. The first-order valence-corrected chi connectivity index (χ1v) is 10.4. The number of anilines is 1. The topological polar surface area (TPSA) is 106 Å². The minimum absolute atomic E-state index is 0.178. The number of amides is 3. The molecule has 168 valence electrons. The molecular formula is C23H21N5O5. The highest BCUT2D eigenvalue weighted by Gasteiger charge is 2.53. The van der Waals surface area contributed by atoms with Gasteiger partial charge in [0.05, 0.1) is 13.7 Å². The fourth-order valence-electron chi connectivity index (χ4n) is 4.08. The molecule has 1 N–H and O–H groups in total. The Morgan fingerprint density at radius 1 is 1.09 bits per heavy atom. The van der Waals surface area contributed by atoms with E-state index in [-0.39, 0.29) is 13.2 Å². The average molecular weight is 447 g/mol. The Morgan fingerprint density at radius 3 is 2.48 bits per heavy atom. The van der Waals surface area contributed by atoms with Crippen molar-refractivity contribution in [3.63, 3.8) is 0 Å². The molecule has 3 amide bonds. The number of nitrogens with zero attached hydrogens (tertiary/aromatic N) is 4. The molecule has 2 aliphatic heterocycles. The largest absolute Gasteiger partial charge is 0.467 e. The van der Waals surface area contributed by atoms with Crippen molar-refractivity contribution in [2.75, 3.05) is 19.0 Å². The monoisotopic (exact) mass is 447 g/mol. The summed E-state index contributed by atoms with van der Waals surface area (Å²) in [5.41, 5.74) is 2.35. The molecule has 2 unspecified atom stereocenters. The van der Waals surface area contributed by atoms with E-state index in [9.17, 15) is 14.4 Å². The third-order valence-corrected chi connectivity index (χ3v) is 5.66. The number of fused-ring (bicyclic) bond motifs is 4. The first-order valence-electron chi connectivity index (χ1n) is 10.4. The highest BCUT2D eigenvalue weighted by molar-refractivity contribution is 5.91. The summed E-state index contributed by atoms with van der Waals surface area (Å²) < 4.78 is 6.07. The standard InChI is InChI=1S/C23H21N5O5/c1-32-21(29)20-19-17(12-27(25-19)22(30)24-16-10-6-3-7-11-16)18-13-26(20)23(31)28(18)33-14-15-8-4-2-5-9-15/h2-12,18,20H,13-14H2,1H3,(H,24,30). The Hall–Kier alpha value is -4.18. The van der Waals surface area contributed by atoms with E-state index >= 15 is 0 Å². The van der Waals surface area contributed by atoms with Crippen molar-refractivity contribution >= 4 is 23.7 Å². The maximum absolute atomic E-state index is 13.1. The number of carbonyl (C=O) groups excluding carboxylic acids is 3. The number of hydroxylamine groups is 2. The van der Waals surface area contributed by atoms with Crippen LogP contribution in [0.5, 0.6) is 0 Å². The molecule has 1 aromatic heterocycles. The van der Waals surface area contributed by atoms with Crippen LogP contribution in [0.3, 0.4) is 0 Å². The number of hydrogen-bond donors (Lipinski definition) is 1. The van der Waals surface area contributed by atoms with E-state index in [0.29, 0.717) is 16.9 Å². The van der Waals surface area contributed by atoms with Crippen LogP contribution in [0, 0.1) is 0 Å². The van der Waals surface area contributed by atoms with Gasteiger partial charge >= 0.3 is 18.0 Å². The predicted octanol–water partition coefficient (Wildman–Crippen LogP) is 3.10. The fraction of sp³-hybridized carbons (Fsp3) is 0.217. The molecule has 5 rings (SSSR count). The zero-order valence-electron chi connectivity index (χ0n) is 17.7. The second kappa shape index (κ2) is 8.40. The van der Waals surface area contributed by atoms with Crippen molar-refractivity contribution in [3.8, 4) is 0 Å². The van der Waals surface area contributed by atoms with Crippen molar-refractivity contribution in [2.24, 2.45) is 0 Å². The van der Waals surface area contributed by atoms with Crippen molar-refractivity contribution in [3.05, 3.63) is 83.7 Å². The summed E-state index contributed by atoms with van der Waals surface area (Å²) in [6.45, 7) is 0.393. The van der Waals surface area contributed by atoms with Gasteiger partial charge < -0.3 is 15.0 Å². The lowest BCUT2D eigenvalue weighted by atomic mass is 9.98. The normalized spacial score (nSPS) is 18.8. The van der Waals surface area contributed by atoms with Gasteiger partial charge in [-0.25, -0.2) is 14.4 Å². The van der Waals surface area contributed by atoms with E-state index < -0.39 is 30.1 Å². The van der Waals surface area contributed by atoms with E-state index in [4.69, 9.17) is 9.57 Å². The lowest BCUT2D eigenvalue weighted by molar-refractivity contribution is -0.146. The van der Waals surface area contributed by atoms with Crippen molar-refractivity contribution in [2.45, 2.75) is 18.7 Å². The molecule has 2 aromatic carbocycles. The first-order chi connectivity index (χ1) is 16.1. The number of hydrogen-bond acceptors (Lipinski definition) is 6. The van der Waals surface area contributed by atoms with Gasteiger partial charge in [0, 0.05) is 17.4 Å². The second-order valence-corrected chi connectivity index (χ2v) is 7.67. The zero-order valence-corrected chi connectivity index (χ0v) is 17.7. The third-order valence-electron chi connectivity index (χ3n) is 5.66. The van der Waals surface area contributed by atoms with Crippen LogP contribution in [0.1, 0.15) is 28.9 Å². The summed E-state index contributed by atoms with van der Waals surface area (Å²) in [7, 11) is 1.25. The molecule has 0 aliphatic carbocycles. The summed E-state index contributed by atoms with van der Waals surface area (Å²) >= 11 is 0. The van der Waals surface area contributed by atoms with Crippen molar-refractivity contribution in [1.29, 1.82) is 0 Å². The quantitative estimate of drug-likeness (QED) is 0.603. The number of esters is 1. The highest BCUT2D eigenvalue weighted by Crippen LogP contribution is 2.44. The first kappa shape index (κ1) is 20.7. The number of aromatic nitrogens is 2. The maximum atomic E-state index is 13.1. The van der Waals surface area contributed by atoms with Gasteiger partial charge in [0.25, 0.3) is 0 Å². The molecule has 3 aromatic rings. The molecule has 10 heteroatoms. The number of urea groups is 1. The lowest BCUT2D eigenvalue weighted by Crippen LogP contribution is -2.39. The number of para-hydroxylation sites is 1. The number of ether oxygens (including phenoxy) is 1. The van der Waals surface area contributed by atoms with E-state index in [1.807, 2.05) is 36.4 Å². The molecule has 2 aliphatic rings. The van der Waals surface area contributed by atoms with Gasteiger partial charge in [0.1, 0.15) is 18.3 Å². The van der Waals surface area contributed by atoms with E-state index in [1.54, 1.807) is 24.3 Å². The average Bonchev–Trinajstić information content (AvgIpc) is 3.40. The van der Waals surface area contributed by atoms with Gasteiger partial charge in [-0.15, -0.1) is 0 Å². The summed E-state index contributed by atoms with van der Waals surface area (Å²) in [5.74, 6) is -0.637. The van der Waals surface area contributed by atoms with Crippen LogP contribution in [0.4, 0.5) is 15.3 Å². The van der Waals surface area contributed by atoms with E-state index in [2.05, 4.69) is 10.4 Å². The van der Waals surface area contributed by atoms with E-state index in [1.165, 1.54) is 23.3 Å². The Balaban J connectivity index is 1.45. The minimum atomic E-state index is -1.06. The maximum Gasteiger partial charge on any atom is 0.346 e. The fourth-order valence-corrected chi connectivity index (χ4v) is 4.08. The van der Waals surface area contributed by atoms with Gasteiger partial charge in [0.2, 0.25) is 0 Å². The van der Waals surface area contributed by atoms with Crippen LogP contribution in [-0.2, 0) is 21.0 Å². The number of carbonyl (C=O) groups is 3. The third kappa shape index (κ3) is 3.70. The van der Waals surface area contributed by atoms with Crippen molar-refractivity contribution < 1.29 is 24.0 Å². The molecule has 2 atom stereocenters. The molecule has 0 spiro atoms. The molecule has 3 heterocycles. The SMILES string of the molecule is COC(=O)C1c2nn(C(=O)Nc3ccccc3)cc2C2CN1C(=O)N2OCc1ccccc1. The van der Waals surface area contributed by atoms with Gasteiger partial charge in [-0.3, -0.25) is 4.84 Å². The van der Waals surface area contributed by atoms with Crippen LogP contribution < -0.4 is 5.32 Å². The van der Waals surface area contributed by atoms with Crippen molar-refractivity contribution in [1.82, 2.24) is 19.7 Å². The van der Waals surface area contributed by atoms with E-state index in [0.717, 1.165) is 10.2 Å². The summed E-state index contributed by atoms with van der Waals surface area (Å²) in [6, 6.07) is 15.9. The van der Waals surface area contributed by atoms with Crippen LogP contribution in [0.25, 0.3) is 0 Å².